The molecule has 2 aromatic heterocycles. The molecule has 1 aliphatic rings. The molecule has 0 saturated heterocycles. The van der Waals surface area contributed by atoms with Crippen molar-refractivity contribution in [1.29, 1.82) is 0 Å². The third kappa shape index (κ3) is 2.66. The lowest BCUT2D eigenvalue weighted by atomic mass is 9.86. The van der Waals surface area contributed by atoms with E-state index in [1.807, 2.05) is 36.5 Å². The Balaban J connectivity index is 1.66. The fraction of sp³-hybridized carbons (Fsp3) is 0.263. The summed E-state index contributed by atoms with van der Waals surface area (Å²) in [5, 5.41) is 0.670. The maximum absolute atomic E-state index is 6.26. The first kappa shape index (κ1) is 14.5. The highest BCUT2D eigenvalue weighted by Gasteiger charge is 2.27. The van der Waals surface area contributed by atoms with Gasteiger partial charge in [-0.15, -0.1) is 0 Å². The molecule has 4 heteroatoms. The Morgan fingerprint density at radius 2 is 2.04 bits per heavy atom. The summed E-state index contributed by atoms with van der Waals surface area (Å²) < 4.78 is 6.04. The lowest BCUT2D eigenvalue weighted by molar-refractivity contribution is 0.453. The molecule has 2 heterocycles. The van der Waals surface area contributed by atoms with E-state index in [1.165, 1.54) is 11.3 Å². The highest BCUT2D eigenvalue weighted by molar-refractivity contribution is 6.33. The lowest BCUT2D eigenvalue weighted by Crippen LogP contribution is -2.14. The SMILES string of the molecule is Cc1cccnc1C1CCc2nc(-c3ccccc3Cl)oc2C1. The fourth-order valence-corrected chi connectivity index (χ4v) is 3.50. The van der Waals surface area contributed by atoms with Gasteiger partial charge in [-0.25, -0.2) is 4.98 Å². The molecule has 0 N–H and O–H groups in total. The normalized spacial score (nSPS) is 17.0. The first-order valence-electron chi connectivity index (χ1n) is 7.87. The Morgan fingerprint density at radius 3 is 2.87 bits per heavy atom. The second-order valence-electron chi connectivity index (χ2n) is 6.01. The monoisotopic (exact) mass is 324 g/mol. The van der Waals surface area contributed by atoms with E-state index in [2.05, 4.69) is 23.0 Å². The quantitative estimate of drug-likeness (QED) is 0.668. The molecule has 0 aliphatic heterocycles. The van der Waals surface area contributed by atoms with Crippen LogP contribution in [0.2, 0.25) is 5.02 Å². The van der Waals surface area contributed by atoms with Crippen LogP contribution in [0.1, 0.15) is 35.1 Å². The van der Waals surface area contributed by atoms with Crippen LogP contribution in [0, 0.1) is 6.92 Å². The summed E-state index contributed by atoms with van der Waals surface area (Å²) in [7, 11) is 0. The predicted octanol–water partition coefficient (Wildman–Crippen LogP) is 4.97. The van der Waals surface area contributed by atoms with Crippen LogP contribution in [0.5, 0.6) is 0 Å². The molecule has 116 valence electrons. The van der Waals surface area contributed by atoms with Crippen LogP contribution in [0.15, 0.2) is 47.0 Å². The van der Waals surface area contributed by atoms with Gasteiger partial charge in [0.05, 0.1) is 16.3 Å². The minimum Gasteiger partial charge on any atom is -0.441 e. The topological polar surface area (TPSA) is 38.9 Å². The molecule has 23 heavy (non-hydrogen) atoms. The van der Waals surface area contributed by atoms with Crippen molar-refractivity contribution < 1.29 is 4.42 Å². The number of aromatic nitrogens is 2. The molecule has 1 aromatic carbocycles. The van der Waals surface area contributed by atoms with Crippen LogP contribution < -0.4 is 0 Å². The molecule has 0 spiro atoms. The molecule has 3 aromatic rings. The van der Waals surface area contributed by atoms with Gasteiger partial charge in [-0.3, -0.25) is 4.98 Å². The zero-order valence-electron chi connectivity index (χ0n) is 12.9. The largest absolute Gasteiger partial charge is 0.441 e. The van der Waals surface area contributed by atoms with Gasteiger partial charge >= 0.3 is 0 Å². The van der Waals surface area contributed by atoms with E-state index in [-0.39, 0.29) is 0 Å². The minimum absolute atomic E-state index is 0.399. The molecule has 4 rings (SSSR count). The van der Waals surface area contributed by atoms with E-state index >= 15 is 0 Å². The van der Waals surface area contributed by atoms with Crippen molar-refractivity contribution in [3.8, 4) is 11.5 Å². The summed E-state index contributed by atoms with van der Waals surface area (Å²) in [6.45, 7) is 2.12. The molecule has 0 radical (unpaired) electrons. The highest BCUT2D eigenvalue weighted by Crippen LogP contribution is 2.36. The maximum atomic E-state index is 6.26. The van der Waals surface area contributed by atoms with E-state index in [0.717, 1.165) is 36.3 Å². The third-order valence-corrected chi connectivity index (χ3v) is 4.81. The number of halogens is 1. The van der Waals surface area contributed by atoms with Gasteiger partial charge in [0, 0.05) is 24.2 Å². The van der Waals surface area contributed by atoms with Crippen LogP contribution in [0.4, 0.5) is 0 Å². The second-order valence-corrected chi connectivity index (χ2v) is 6.42. The summed E-state index contributed by atoms with van der Waals surface area (Å²) in [5.41, 5.74) is 4.33. The molecule has 1 aliphatic carbocycles. The molecule has 0 amide bonds. The number of oxazole rings is 1. The molecule has 0 saturated carbocycles. The standard InChI is InChI=1S/C19H17ClN2O/c1-12-5-4-10-21-18(12)13-8-9-16-17(11-13)23-19(22-16)14-6-2-3-7-15(14)20/h2-7,10,13H,8-9,11H2,1H3. The van der Waals surface area contributed by atoms with Crippen LogP contribution in [0.3, 0.4) is 0 Å². The van der Waals surface area contributed by atoms with Gasteiger partial charge < -0.3 is 4.42 Å². The average molecular weight is 325 g/mol. The predicted molar refractivity (Wildman–Crippen MR) is 90.7 cm³/mol. The molecule has 0 bridgehead atoms. The van der Waals surface area contributed by atoms with Crippen molar-refractivity contribution in [3.05, 3.63) is 70.3 Å². The summed E-state index contributed by atoms with van der Waals surface area (Å²) in [6, 6.07) is 11.8. The summed E-state index contributed by atoms with van der Waals surface area (Å²) in [5.74, 6) is 2.00. The Kier molecular flexibility index (Phi) is 3.66. The van der Waals surface area contributed by atoms with E-state index in [9.17, 15) is 0 Å². The van der Waals surface area contributed by atoms with Crippen LogP contribution in [0.25, 0.3) is 11.5 Å². The lowest BCUT2D eigenvalue weighted by Gasteiger charge is -2.21. The van der Waals surface area contributed by atoms with Gasteiger partial charge in [-0.1, -0.05) is 29.8 Å². The first-order chi connectivity index (χ1) is 11.2. The van der Waals surface area contributed by atoms with Crippen LogP contribution in [-0.2, 0) is 12.8 Å². The molecule has 1 unspecified atom stereocenters. The molecular formula is C19H17ClN2O. The first-order valence-corrected chi connectivity index (χ1v) is 8.25. The number of aryl methyl sites for hydroxylation is 2. The van der Waals surface area contributed by atoms with E-state index in [0.29, 0.717) is 16.8 Å². The summed E-state index contributed by atoms with van der Waals surface area (Å²) in [4.78, 5) is 9.23. The van der Waals surface area contributed by atoms with Gasteiger partial charge in [0.1, 0.15) is 5.76 Å². The number of fused-ring (bicyclic) bond motifs is 1. The van der Waals surface area contributed by atoms with Gasteiger partial charge in [0.15, 0.2) is 0 Å². The summed E-state index contributed by atoms with van der Waals surface area (Å²) >= 11 is 6.26. The average Bonchev–Trinajstić information content (AvgIpc) is 2.98. The van der Waals surface area contributed by atoms with Gasteiger partial charge in [-0.05, 0) is 43.5 Å². The zero-order chi connectivity index (χ0) is 15.8. The number of rotatable bonds is 2. The Hall–Kier alpha value is -2.13. The number of hydrogen-bond acceptors (Lipinski definition) is 3. The number of hydrogen-bond donors (Lipinski definition) is 0. The van der Waals surface area contributed by atoms with Crippen molar-refractivity contribution in [2.24, 2.45) is 0 Å². The van der Waals surface area contributed by atoms with Gasteiger partial charge in [0.2, 0.25) is 5.89 Å². The Labute approximate surface area is 140 Å². The molecule has 1 atom stereocenters. The van der Waals surface area contributed by atoms with Crippen molar-refractivity contribution >= 4 is 11.6 Å². The fourth-order valence-electron chi connectivity index (χ4n) is 3.28. The van der Waals surface area contributed by atoms with Gasteiger partial charge in [-0.2, -0.15) is 0 Å². The smallest absolute Gasteiger partial charge is 0.228 e. The van der Waals surface area contributed by atoms with Crippen molar-refractivity contribution in [1.82, 2.24) is 9.97 Å². The Bertz CT molecular complexity index is 856. The zero-order valence-corrected chi connectivity index (χ0v) is 13.7. The minimum atomic E-state index is 0.399. The number of nitrogens with zero attached hydrogens (tertiary/aromatic N) is 2. The Morgan fingerprint density at radius 1 is 1.17 bits per heavy atom. The van der Waals surface area contributed by atoms with E-state index in [4.69, 9.17) is 16.0 Å². The van der Waals surface area contributed by atoms with E-state index < -0.39 is 0 Å². The van der Waals surface area contributed by atoms with Crippen molar-refractivity contribution in [3.63, 3.8) is 0 Å². The summed E-state index contributed by atoms with van der Waals surface area (Å²) in [6.07, 6.45) is 4.70. The maximum Gasteiger partial charge on any atom is 0.228 e. The van der Waals surface area contributed by atoms with Crippen LogP contribution >= 0.6 is 11.6 Å². The van der Waals surface area contributed by atoms with E-state index in [1.54, 1.807) is 0 Å². The molecule has 3 nitrogen and oxygen atoms in total. The third-order valence-electron chi connectivity index (χ3n) is 4.48. The molecular weight excluding hydrogens is 308 g/mol. The number of pyridine rings is 1. The van der Waals surface area contributed by atoms with Crippen molar-refractivity contribution in [2.45, 2.75) is 32.1 Å². The van der Waals surface area contributed by atoms with Gasteiger partial charge in [0.25, 0.3) is 0 Å². The highest BCUT2D eigenvalue weighted by atomic mass is 35.5. The number of benzene rings is 1. The van der Waals surface area contributed by atoms with Crippen molar-refractivity contribution in [2.75, 3.05) is 0 Å². The van der Waals surface area contributed by atoms with Crippen LogP contribution in [-0.4, -0.2) is 9.97 Å². The second kappa shape index (κ2) is 5.82. The molecule has 0 fully saturated rings.